The second kappa shape index (κ2) is 10.5. The maximum atomic E-state index is 12.8. The van der Waals surface area contributed by atoms with Crippen molar-refractivity contribution in [3.05, 3.63) is 66.0 Å². The summed E-state index contributed by atoms with van der Waals surface area (Å²) >= 11 is 0. The molecule has 6 rings (SSSR count). The standard InChI is InChI=1S/C33H44N4O/c1-24(2)21-32(38)35-18-15-33(16-19-35,26-9-5-4-6-10-26)17-20-36-27-13-14-28(36)23-29(22-27)37-25(3)34-30-11-7-8-12-31(30)37/h4-12,24,27-29H,13-23H2,1-3H3/t27-,28+,29?. The van der Waals surface area contributed by atoms with E-state index in [1.165, 1.54) is 49.7 Å². The van der Waals surface area contributed by atoms with Crippen LogP contribution in [0.1, 0.15) is 82.6 Å². The van der Waals surface area contributed by atoms with Gasteiger partial charge in [0.15, 0.2) is 0 Å². The highest BCUT2D eigenvalue weighted by molar-refractivity contribution is 5.77. The molecule has 0 N–H and O–H groups in total. The number of likely N-dealkylation sites (tertiary alicyclic amines) is 1. The predicted octanol–water partition coefficient (Wildman–Crippen LogP) is 6.51. The quantitative estimate of drug-likeness (QED) is 0.362. The fourth-order valence-electron chi connectivity index (χ4n) is 7.93. The largest absolute Gasteiger partial charge is 0.343 e. The van der Waals surface area contributed by atoms with Gasteiger partial charge in [0, 0.05) is 37.6 Å². The fraction of sp³-hybridized carbons (Fsp3) is 0.576. The molecule has 3 aliphatic heterocycles. The van der Waals surface area contributed by atoms with E-state index in [1.54, 1.807) is 0 Å². The number of amides is 1. The molecule has 3 aliphatic rings. The first-order chi connectivity index (χ1) is 18.4. The van der Waals surface area contributed by atoms with Gasteiger partial charge in [0.1, 0.15) is 5.82 Å². The van der Waals surface area contributed by atoms with Crippen molar-refractivity contribution in [3.8, 4) is 0 Å². The van der Waals surface area contributed by atoms with Gasteiger partial charge < -0.3 is 9.47 Å². The molecule has 2 aromatic carbocycles. The minimum Gasteiger partial charge on any atom is -0.343 e. The van der Waals surface area contributed by atoms with Crippen molar-refractivity contribution in [2.24, 2.45) is 5.92 Å². The molecule has 2 bridgehead atoms. The van der Waals surface area contributed by atoms with Gasteiger partial charge in [-0.25, -0.2) is 4.98 Å². The Bertz CT molecular complexity index is 1240. The van der Waals surface area contributed by atoms with Crippen LogP contribution in [-0.2, 0) is 10.2 Å². The van der Waals surface area contributed by atoms with Crippen LogP contribution >= 0.6 is 0 Å². The Morgan fingerprint density at radius 3 is 2.29 bits per heavy atom. The van der Waals surface area contributed by atoms with Gasteiger partial charge in [-0.2, -0.15) is 0 Å². The molecule has 3 aromatic rings. The SMILES string of the molecule is Cc1nc2ccccc2n1C1C[C@H]2CC[C@@H](C1)N2CCC1(c2ccccc2)CCN(C(=O)CC(C)C)CC1. The molecule has 5 heteroatoms. The first-order valence-electron chi connectivity index (χ1n) is 15.0. The number of rotatable bonds is 7. The minimum absolute atomic E-state index is 0.170. The number of piperidine rings is 2. The number of carbonyl (C=O) groups is 1. The number of para-hydroxylation sites is 2. The lowest BCUT2D eigenvalue weighted by Crippen LogP contribution is -2.49. The molecule has 0 aliphatic carbocycles. The smallest absolute Gasteiger partial charge is 0.222 e. The van der Waals surface area contributed by atoms with Gasteiger partial charge in [0.25, 0.3) is 0 Å². The van der Waals surface area contributed by atoms with Gasteiger partial charge in [0.2, 0.25) is 5.91 Å². The van der Waals surface area contributed by atoms with Crippen molar-refractivity contribution >= 4 is 16.9 Å². The number of benzene rings is 2. The Hall–Kier alpha value is -2.66. The molecule has 0 radical (unpaired) electrons. The third-order valence-electron chi connectivity index (χ3n) is 9.89. The zero-order valence-corrected chi connectivity index (χ0v) is 23.5. The summed E-state index contributed by atoms with van der Waals surface area (Å²) in [6, 6.07) is 21.7. The van der Waals surface area contributed by atoms with Crippen LogP contribution < -0.4 is 0 Å². The van der Waals surface area contributed by atoms with Gasteiger partial charge in [-0.05, 0) is 87.4 Å². The molecular formula is C33H44N4O. The topological polar surface area (TPSA) is 41.4 Å². The lowest BCUT2D eigenvalue weighted by atomic mass is 9.70. The third-order valence-corrected chi connectivity index (χ3v) is 9.89. The van der Waals surface area contributed by atoms with Crippen LogP contribution in [0.5, 0.6) is 0 Å². The highest BCUT2D eigenvalue weighted by atomic mass is 16.2. The van der Waals surface area contributed by atoms with E-state index in [-0.39, 0.29) is 5.41 Å². The predicted molar refractivity (Wildman–Crippen MR) is 154 cm³/mol. The fourth-order valence-corrected chi connectivity index (χ4v) is 7.93. The molecule has 3 atom stereocenters. The average Bonchev–Trinajstić information content (AvgIpc) is 3.38. The van der Waals surface area contributed by atoms with Crippen LogP contribution in [0.3, 0.4) is 0 Å². The zero-order valence-electron chi connectivity index (χ0n) is 23.5. The Kier molecular flexibility index (Phi) is 7.07. The van der Waals surface area contributed by atoms with Crippen molar-refractivity contribution in [2.75, 3.05) is 19.6 Å². The van der Waals surface area contributed by atoms with Crippen LogP contribution in [0, 0.1) is 12.8 Å². The number of hydrogen-bond donors (Lipinski definition) is 0. The van der Waals surface area contributed by atoms with Crippen LogP contribution in [0.4, 0.5) is 0 Å². The molecule has 1 unspecified atom stereocenters. The highest BCUT2D eigenvalue weighted by Crippen LogP contribution is 2.45. The molecule has 202 valence electrons. The normalized spacial score (nSPS) is 25.4. The van der Waals surface area contributed by atoms with Crippen molar-refractivity contribution in [2.45, 2.75) is 95.7 Å². The van der Waals surface area contributed by atoms with Gasteiger partial charge in [-0.15, -0.1) is 0 Å². The second-order valence-corrected chi connectivity index (χ2v) is 12.6. The van der Waals surface area contributed by atoms with Crippen LogP contribution in [0.15, 0.2) is 54.6 Å². The van der Waals surface area contributed by atoms with Gasteiger partial charge in [-0.3, -0.25) is 9.69 Å². The van der Waals surface area contributed by atoms with E-state index in [1.807, 2.05) is 0 Å². The molecule has 5 nitrogen and oxygen atoms in total. The maximum absolute atomic E-state index is 12.8. The lowest BCUT2D eigenvalue weighted by molar-refractivity contribution is -0.133. The van der Waals surface area contributed by atoms with E-state index >= 15 is 0 Å². The Balaban J connectivity index is 1.16. The number of imidazole rings is 1. The maximum Gasteiger partial charge on any atom is 0.222 e. The summed E-state index contributed by atoms with van der Waals surface area (Å²) in [5, 5.41) is 0. The Labute approximate surface area is 228 Å². The summed E-state index contributed by atoms with van der Waals surface area (Å²) in [4.78, 5) is 22.7. The summed E-state index contributed by atoms with van der Waals surface area (Å²) in [6.45, 7) is 9.41. The molecule has 0 saturated carbocycles. The molecule has 4 heterocycles. The van der Waals surface area contributed by atoms with Crippen molar-refractivity contribution < 1.29 is 4.79 Å². The molecule has 1 aromatic heterocycles. The van der Waals surface area contributed by atoms with Crippen molar-refractivity contribution in [1.29, 1.82) is 0 Å². The zero-order chi connectivity index (χ0) is 26.3. The van der Waals surface area contributed by atoms with Gasteiger partial charge >= 0.3 is 0 Å². The summed E-state index contributed by atoms with van der Waals surface area (Å²) < 4.78 is 2.54. The van der Waals surface area contributed by atoms with Gasteiger partial charge in [-0.1, -0.05) is 56.3 Å². The van der Waals surface area contributed by atoms with Crippen LogP contribution in [0.2, 0.25) is 0 Å². The first kappa shape index (κ1) is 25.6. The van der Waals surface area contributed by atoms with E-state index in [0.717, 1.165) is 37.3 Å². The number of carbonyl (C=O) groups excluding carboxylic acids is 1. The Morgan fingerprint density at radius 1 is 0.947 bits per heavy atom. The second-order valence-electron chi connectivity index (χ2n) is 12.6. The van der Waals surface area contributed by atoms with Gasteiger partial charge in [0.05, 0.1) is 11.0 Å². The monoisotopic (exact) mass is 512 g/mol. The molecule has 0 spiro atoms. The Morgan fingerprint density at radius 2 is 1.61 bits per heavy atom. The van der Waals surface area contributed by atoms with Crippen LogP contribution in [-0.4, -0.2) is 57.0 Å². The van der Waals surface area contributed by atoms with E-state index in [4.69, 9.17) is 4.98 Å². The minimum atomic E-state index is 0.170. The lowest BCUT2D eigenvalue weighted by Gasteiger charge is -2.46. The molecule has 3 fully saturated rings. The molecule has 1 amide bonds. The van der Waals surface area contributed by atoms with Crippen LogP contribution in [0.25, 0.3) is 11.0 Å². The average molecular weight is 513 g/mol. The summed E-state index contributed by atoms with van der Waals surface area (Å²) in [7, 11) is 0. The van der Waals surface area contributed by atoms with E-state index in [0.29, 0.717) is 36.4 Å². The summed E-state index contributed by atoms with van der Waals surface area (Å²) in [5.74, 6) is 1.92. The van der Waals surface area contributed by atoms with E-state index in [9.17, 15) is 4.79 Å². The number of aryl methyl sites for hydroxylation is 1. The number of hydrogen-bond acceptors (Lipinski definition) is 3. The van der Waals surface area contributed by atoms with Crippen molar-refractivity contribution in [1.82, 2.24) is 19.4 Å². The molecule has 3 saturated heterocycles. The number of nitrogens with zero attached hydrogens (tertiary/aromatic N) is 4. The van der Waals surface area contributed by atoms with E-state index in [2.05, 4.69) is 89.7 Å². The highest BCUT2D eigenvalue weighted by Gasteiger charge is 2.44. The summed E-state index contributed by atoms with van der Waals surface area (Å²) in [6.07, 6.45) is 9.11. The third kappa shape index (κ3) is 4.79. The first-order valence-corrected chi connectivity index (χ1v) is 15.0. The molecule has 38 heavy (non-hydrogen) atoms. The molecular weight excluding hydrogens is 468 g/mol. The van der Waals surface area contributed by atoms with E-state index < -0.39 is 0 Å². The summed E-state index contributed by atoms with van der Waals surface area (Å²) in [5.41, 5.74) is 4.06. The number of aromatic nitrogens is 2. The van der Waals surface area contributed by atoms with Crippen molar-refractivity contribution in [3.63, 3.8) is 0 Å². The number of fused-ring (bicyclic) bond motifs is 3.